The van der Waals surface area contributed by atoms with Crippen molar-refractivity contribution in [2.75, 3.05) is 0 Å². The third kappa shape index (κ3) is 4.36. The number of rotatable bonds is 6. The van der Waals surface area contributed by atoms with E-state index in [1.807, 2.05) is 6.07 Å². The van der Waals surface area contributed by atoms with E-state index in [9.17, 15) is 0 Å². The van der Waals surface area contributed by atoms with Crippen LogP contribution >= 0.6 is 0 Å². The summed E-state index contributed by atoms with van der Waals surface area (Å²) < 4.78 is 15.2. The Kier molecular flexibility index (Phi) is 6.67. The Bertz CT molecular complexity index is 962. The molecule has 1 aliphatic carbocycles. The summed E-state index contributed by atoms with van der Waals surface area (Å²) in [5.74, 6) is 1.11. The summed E-state index contributed by atoms with van der Waals surface area (Å²) in [6, 6.07) is 22.9. The Morgan fingerprint density at radius 1 is 0.733 bits per heavy atom. The quantitative estimate of drug-likeness (QED) is 0.388. The molecule has 0 radical (unpaired) electrons. The summed E-state index contributed by atoms with van der Waals surface area (Å²) in [6.45, 7) is 4.45. The van der Waals surface area contributed by atoms with E-state index < -0.39 is 0 Å². The minimum absolute atomic E-state index is 0.0393. The van der Waals surface area contributed by atoms with Crippen LogP contribution in [0.15, 0.2) is 66.7 Å². The highest BCUT2D eigenvalue weighted by molar-refractivity contribution is 5.85. The maximum atomic E-state index is 15.2. The van der Waals surface area contributed by atoms with Gasteiger partial charge in [0.2, 0.25) is 0 Å². The number of aryl methyl sites for hydroxylation is 1. The van der Waals surface area contributed by atoms with Gasteiger partial charge in [-0.25, -0.2) is 4.39 Å². The molecule has 3 aromatic rings. The summed E-state index contributed by atoms with van der Waals surface area (Å²) in [4.78, 5) is 0. The zero-order valence-corrected chi connectivity index (χ0v) is 18.3. The molecule has 156 valence electrons. The molecule has 0 amide bonds. The fourth-order valence-corrected chi connectivity index (χ4v) is 5.22. The summed E-state index contributed by atoms with van der Waals surface area (Å²) >= 11 is 0. The molecule has 1 fully saturated rings. The molecular formula is C29H33F. The van der Waals surface area contributed by atoms with Crippen molar-refractivity contribution in [1.29, 1.82) is 0 Å². The first-order chi connectivity index (χ1) is 14.7. The summed E-state index contributed by atoms with van der Waals surface area (Å²) in [6.07, 6.45) is 8.27. The average molecular weight is 401 g/mol. The van der Waals surface area contributed by atoms with Gasteiger partial charge in [0, 0.05) is 0 Å². The molecule has 0 aliphatic heterocycles. The van der Waals surface area contributed by atoms with Gasteiger partial charge >= 0.3 is 0 Å². The third-order valence-corrected chi connectivity index (χ3v) is 6.90. The van der Waals surface area contributed by atoms with Gasteiger partial charge in [-0.15, -0.1) is 0 Å². The van der Waals surface area contributed by atoms with Crippen molar-refractivity contribution < 1.29 is 4.39 Å². The fraction of sp³-hybridized carbons (Fsp3) is 0.379. The van der Waals surface area contributed by atoms with Crippen LogP contribution in [-0.2, 0) is 6.42 Å². The Balaban J connectivity index is 1.73. The normalized spacial score (nSPS) is 19.0. The van der Waals surface area contributed by atoms with Crippen LogP contribution in [-0.4, -0.2) is 0 Å². The van der Waals surface area contributed by atoms with E-state index in [0.29, 0.717) is 5.92 Å². The van der Waals surface area contributed by atoms with Crippen LogP contribution < -0.4 is 0 Å². The molecule has 1 heteroatoms. The maximum absolute atomic E-state index is 15.2. The molecule has 0 heterocycles. The smallest absolute Gasteiger partial charge is 0.127 e. The van der Waals surface area contributed by atoms with E-state index >= 15 is 4.39 Å². The highest BCUT2D eigenvalue weighted by Gasteiger charge is 2.26. The average Bonchev–Trinajstić information content (AvgIpc) is 2.80. The van der Waals surface area contributed by atoms with Crippen LogP contribution in [0.4, 0.5) is 4.39 Å². The second kappa shape index (κ2) is 9.60. The molecule has 0 atom stereocenters. The second-order valence-corrected chi connectivity index (χ2v) is 8.80. The largest absolute Gasteiger partial charge is 0.207 e. The van der Waals surface area contributed by atoms with Crippen molar-refractivity contribution in [3.05, 3.63) is 83.7 Å². The predicted octanol–water partition coefficient (Wildman–Crippen LogP) is 8.80. The summed E-state index contributed by atoms with van der Waals surface area (Å²) in [7, 11) is 0. The first-order valence-electron chi connectivity index (χ1n) is 11.7. The zero-order chi connectivity index (χ0) is 20.9. The number of hydrogen-bond donors (Lipinski definition) is 0. The van der Waals surface area contributed by atoms with Crippen molar-refractivity contribution in [1.82, 2.24) is 0 Å². The number of halogens is 1. The standard InChI is InChI=1S/C29H33F/c1-3-8-22-15-19-24(20-16-22)29-27(11-7-12-28(29)30)26-10-6-5-9-25(26)23-17-13-21(4-2)14-18-23/h5-7,9-14,17-18,22,24H,3-4,8,15-16,19-20H2,1-2H3. The number of benzene rings is 3. The van der Waals surface area contributed by atoms with Crippen molar-refractivity contribution in [2.45, 2.75) is 64.7 Å². The lowest BCUT2D eigenvalue weighted by atomic mass is 9.75. The van der Waals surface area contributed by atoms with Gasteiger partial charge in [0.15, 0.2) is 0 Å². The van der Waals surface area contributed by atoms with E-state index in [0.717, 1.165) is 41.9 Å². The van der Waals surface area contributed by atoms with E-state index in [2.05, 4.69) is 68.4 Å². The van der Waals surface area contributed by atoms with Gasteiger partial charge in [0.1, 0.15) is 5.82 Å². The van der Waals surface area contributed by atoms with E-state index in [1.54, 1.807) is 6.07 Å². The van der Waals surface area contributed by atoms with E-state index in [1.165, 1.54) is 42.4 Å². The molecule has 0 bridgehead atoms. The maximum Gasteiger partial charge on any atom is 0.127 e. The molecule has 0 nitrogen and oxygen atoms in total. The fourth-order valence-electron chi connectivity index (χ4n) is 5.22. The molecule has 30 heavy (non-hydrogen) atoms. The van der Waals surface area contributed by atoms with Gasteiger partial charge in [-0.3, -0.25) is 0 Å². The van der Waals surface area contributed by atoms with Crippen molar-refractivity contribution in [2.24, 2.45) is 5.92 Å². The van der Waals surface area contributed by atoms with Gasteiger partial charge < -0.3 is 0 Å². The number of hydrogen-bond acceptors (Lipinski definition) is 0. The van der Waals surface area contributed by atoms with Crippen molar-refractivity contribution in [3.63, 3.8) is 0 Å². The molecule has 1 saturated carbocycles. The molecule has 0 N–H and O–H groups in total. The van der Waals surface area contributed by atoms with Gasteiger partial charge in [-0.2, -0.15) is 0 Å². The zero-order valence-electron chi connectivity index (χ0n) is 18.3. The van der Waals surface area contributed by atoms with Crippen LogP contribution in [0.2, 0.25) is 0 Å². The van der Waals surface area contributed by atoms with Crippen molar-refractivity contribution in [3.8, 4) is 22.3 Å². The van der Waals surface area contributed by atoms with Crippen molar-refractivity contribution >= 4 is 0 Å². The molecule has 0 aromatic heterocycles. The molecule has 0 unspecified atom stereocenters. The van der Waals surface area contributed by atoms with Crippen LogP contribution in [0.5, 0.6) is 0 Å². The molecule has 3 aromatic carbocycles. The Labute approximate surface area is 181 Å². The summed E-state index contributed by atoms with van der Waals surface area (Å²) in [5.41, 5.74) is 6.88. The monoisotopic (exact) mass is 400 g/mol. The Morgan fingerprint density at radius 2 is 1.40 bits per heavy atom. The highest BCUT2D eigenvalue weighted by atomic mass is 19.1. The molecule has 0 saturated heterocycles. The van der Waals surface area contributed by atoms with Crippen LogP contribution in [0.1, 0.15) is 69.4 Å². The van der Waals surface area contributed by atoms with Gasteiger partial charge in [0.25, 0.3) is 0 Å². The van der Waals surface area contributed by atoms with Gasteiger partial charge in [-0.05, 0) is 83.4 Å². The molecular weight excluding hydrogens is 367 g/mol. The lowest BCUT2D eigenvalue weighted by Crippen LogP contribution is -2.15. The molecule has 4 rings (SSSR count). The van der Waals surface area contributed by atoms with Crippen LogP contribution in [0.25, 0.3) is 22.3 Å². The second-order valence-electron chi connectivity index (χ2n) is 8.80. The first kappa shape index (κ1) is 20.8. The van der Waals surface area contributed by atoms with Crippen LogP contribution in [0, 0.1) is 11.7 Å². The minimum Gasteiger partial charge on any atom is -0.207 e. The Morgan fingerprint density at radius 3 is 2.07 bits per heavy atom. The lowest BCUT2D eigenvalue weighted by Gasteiger charge is -2.30. The Hall–Kier alpha value is -2.41. The highest BCUT2D eigenvalue weighted by Crippen LogP contribution is 2.44. The first-order valence-corrected chi connectivity index (χ1v) is 11.7. The van der Waals surface area contributed by atoms with Gasteiger partial charge in [-0.1, -0.05) is 87.4 Å². The molecule has 1 aliphatic rings. The molecule has 0 spiro atoms. The van der Waals surface area contributed by atoms with Crippen LogP contribution in [0.3, 0.4) is 0 Å². The van der Waals surface area contributed by atoms with E-state index in [4.69, 9.17) is 0 Å². The lowest BCUT2D eigenvalue weighted by molar-refractivity contribution is 0.305. The SMILES string of the molecule is CCCC1CCC(c2c(F)cccc2-c2ccccc2-c2ccc(CC)cc2)CC1. The third-order valence-electron chi connectivity index (χ3n) is 6.90. The topological polar surface area (TPSA) is 0 Å². The van der Waals surface area contributed by atoms with Gasteiger partial charge in [0.05, 0.1) is 0 Å². The minimum atomic E-state index is -0.0393. The predicted molar refractivity (Wildman–Crippen MR) is 126 cm³/mol. The van der Waals surface area contributed by atoms with E-state index in [-0.39, 0.29) is 5.82 Å². The summed E-state index contributed by atoms with van der Waals surface area (Å²) in [5, 5.41) is 0.